The van der Waals surface area contributed by atoms with Gasteiger partial charge in [-0.1, -0.05) is 6.07 Å². The molecule has 0 unspecified atom stereocenters. The lowest BCUT2D eigenvalue weighted by atomic mass is 10.2. The van der Waals surface area contributed by atoms with E-state index in [1.807, 2.05) is 13.2 Å². The van der Waals surface area contributed by atoms with Gasteiger partial charge in [0.15, 0.2) is 5.65 Å². The summed E-state index contributed by atoms with van der Waals surface area (Å²) >= 11 is 0. The monoisotopic (exact) mass is 309 g/mol. The second-order valence-electron chi connectivity index (χ2n) is 5.80. The van der Waals surface area contributed by atoms with E-state index in [4.69, 9.17) is 0 Å². The van der Waals surface area contributed by atoms with E-state index >= 15 is 0 Å². The predicted octanol–water partition coefficient (Wildman–Crippen LogP) is 1.97. The van der Waals surface area contributed by atoms with Crippen LogP contribution in [0.3, 0.4) is 0 Å². The van der Waals surface area contributed by atoms with E-state index in [1.54, 1.807) is 17.2 Å². The van der Waals surface area contributed by atoms with Crippen LogP contribution in [0.1, 0.15) is 18.4 Å². The van der Waals surface area contributed by atoms with Gasteiger partial charge in [0.05, 0.1) is 11.6 Å². The number of hydrogen-bond acceptors (Lipinski definition) is 6. The van der Waals surface area contributed by atoms with Crippen molar-refractivity contribution in [3.05, 3.63) is 36.4 Å². The summed E-state index contributed by atoms with van der Waals surface area (Å²) in [6.45, 7) is 2.91. The van der Waals surface area contributed by atoms with Crippen molar-refractivity contribution in [1.29, 1.82) is 0 Å². The molecule has 23 heavy (non-hydrogen) atoms. The summed E-state index contributed by atoms with van der Waals surface area (Å²) in [6.07, 6.45) is 7.80. The Morgan fingerprint density at radius 3 is 2.74 bits per heavy atom. The number of fused-ring (bicyclic) bond motifs is 1. The van der Waals surface area contributed by atoms with Crippen molar-refractivity contribution < 1.29 is 0 Å². The first kappa shape index (κ1) is 13.9. The molecular weight excluding hydrogens is 290 g/mol. The minimum Gasteiger partial charge on any atom is -0.365 e. The molecule has 0 aliphatic carbocycles. The average molecular weight is 309 g/mol. The minimum absolute atomic E-state index is 0.675. The Labute approximate surface area is 134 Å². The summed E-state index contributed by atoms with van der Waals surface area (Å²) in [7, 11) is 1.88. The van der Waals surface area contributed by atoms with Gasteiger partial charge in [0.25, 0.3) is 0 Å². The van der Waals surface area contributed by atoms with E-state index in [0.717, 1.165) is 41.3 Å². The predicted molar refractivity (Wildman–Crippen MR) is 89.3 cm³/mol. The topological polar surface area (TPSA) is 71.8 Å². The van der Waals surface area contributed by atoms with Crippen molar-refractivity contribution in [2.24, 2.45) is 7.05 Å². The van der Waals surface area contributed by atoms with Gasteiger partial charge in [-0.3, -0.25) is 4.68 Å². The lowest BCUT2D eigenvalue weighted by molar-refractivity contribution is 0.785. The number of nitrogens with one attached hydrogen (secondary N) is 1. The first-order valence-electron chi connectivity index (χ1n) is 7.88. The van der Waals surface area contributed by atoms with Crippen LogP contribution < -0.4 is 10.2 Å². The van der Waals surface area contributed by atoms with E-state index in [2.05, 4.69) is 42.4 Å². The van der Waals surface area contributed by atoms with Crippen LogP contribution in [-0.4, -0.2) is 37.8 Å². The van der Waals surface area contributed by atoms with Crippen LogP contribution in [0.25, 0.3) is 11.0 Å². The number of anilines is 2. The van der Waals surface area contributed by atoms with Gasteiger partial charge in [-0.15, -0.1) is 0 Å². The number of nitrogens with zero attached hydrogens (tertiary/aromatic N) is 6. The zero-order valence-electron chi connectivity index (χ0n) is 13.1. The van der Waals surface area contributed by atoms with E-state index in [0.29, 0.717) is 6.54 Å². The van der Waals surface area contributed by atoms with Crippen molar-refractivity contribution in [1.82, 2.24) is 24.7 Å². The first-order valence-corrected chi connectivity index (χ1v) is 7.88. The molecule has 1 fully saturated rings. The molecule has 4 heterocycles. The van der Waals surface area contributed by atoms with Gasteiger partial charge < -0.3 is 10.2 Å². The molecule has 1 saturated heterocycles. The maximum absolute atomic E-state index is 4.58. The second kappa shape index (κ2) is 5.83. The van der Waals surface area contributed by atoms with Gasteiger partial charge in [0, 0.05) is 32.9 Å². The Hall–Kier alpha value is -2.70. The van der Waals surface area contributed by atoms with Crippen molar-refractivity contribution >= 4 is 22.7 Å². The fourth-order valence-electron chi connectivity index (χ4n) is 2.94. The van der Waals surface area contributed by atoms with Gasteiger partial charge >= 0.3 is 0 Å². The highest BCUT2D eigenvalue weighted by Crippen LogP contribution is 2.20. The van der Waals surface area contributed by atoms with Gasteiger partial charge in [0.1, 0.15) is 18.0 Å². The molecule has 1 N–H and O–H groups in total. The Balaban J connectivity index is 1.47. The van der Waals surface area contributed by atoms with Crippen LogP contribution in [-0.2, 0) is 13.6 Å². The summed E-state index contributed by atoms with van der Waals surface area (Å²) in [6, 6.07) is 4.22. The zero-order valence-corrected chi connectivity index (χ0v) is 13.1. The number of pyridine rings is 1. The standard InChI is InChI=1S/C16H19N7/c1-22-16-13(10-21-22)15(19-11-20-16)18-9-12-4-5-14(17-8-12)23-6-2-3-7-23/h4-5,8,10-11H,2-3,6-7,9H2,1H3,(H,18,19,20). The van der Waals surface area contributed by atoms with Gasteiger partial charge in [0.2, 0.25) is 0 Å². The molecule has 7 heteroatoms. The summed E-state index contributed by atoms with van der Waals surface area (Å²) in [5.74, 6) is 1.87. The third kappa shape index (κ3) is 2.69. The fourth-order valence-corrected chi connectivity index (χ4v) is 2.94. The van der Waals surface area contributed by atoms with Crippen LogP contribution in [0, 0.1) is 0 Å². The highest BCUT2D eigenvalue weighted by atomic mass is 15.3. The Bertz CT molecular complexity index is 803. The van der Waals surface area contributed by atoms with Gasteiger partial charge in [-0.2, -0.15) is 5.10 Å². The molecule has 0 atom stereocenters. The molecule has 0 saturated carbocycles. The molecule has 3 aromatic rings. The fraction of sp³-hybridized carbons (Fsp3) is 0.375. The normalized spacial score (nSPS) is 14.6. The molecule has 0 amide bonds. The molecule has 0 aromatic carbocycles. The van der Waals surface area contributed by atoms with Crippen molar-refractivity contribution in [3.63, 3.8) is 0 Å². The van der Waals surface area contributed by atoms with Crippen molar-refractivity contribution in [2.75, 3.05) is 23.3 Å². The molecular formula is C16H19N7. The number of aromatic nitrogens is 5. The SMILES string of the molecule is Cn1ncc2c(NCc3ccc(N4CCCC4)nc3)ncnc21. The largest absolute Gasteiger partial charge is 0.365 e. The summed E-state index contributed by atoms with van der Waals surface area (Å²) in [4.78, 5) is 15.5. The zero-order chi connectivity index (χ0) is 15.6. The van der Waals surface area contributed by atoms with Crippen LogP contribution in [0.5, 0.6) is 0 Å². The molecule has 7 nitrogen and oxygen atoms in total. The van der Waals surface area contributed by atoms with Crippen molar-refractivity contribution in [2.45, 2.75) is 19.4 Å². The van der Waals surface area contributed by atoms with E-state index in [1.165, 1.54) is 12.8 Å². The van der Waals surface area contributed by atoms with Crippen LogP contribution in [0.15, 0.2) is 30.9 Å². The van der Waals surface area contributed by atoms with Gasteiger partial charge in [-0.05, 0) is 24.5 Å². The first-order chi connectivity index (χ1) is 11.3. The summed E-state index contributed by atoms with van der Waals surface area (Å²) in [5, 5.41) is 8.50. The molecule has 0 radical (unpaired) electrons. The molecule has 3 aromatic heterocycles. The molecule has 1 aliphatic rings. The third-order valence-electron chi connectivity index (χ3n) is 4.23. The van der Waals surface area contributed by atoms with Crippen LogP contribution in [0.4, 0.5) is 11.6 Å². The summed E-state index contributed by atoms with van der Waals surface area (Å²) < 4.78 is 1.74. The van der Waals surface area contributed by atoms with E-state index in [-0.39, 0.29) is 0 Å². The quantitative estimate of drug-likeness (QED) is 0.794. The average Bonchev–Trinajstić information content (AvgIpc) is 3.24. The van der Waals surface area contributed by atoms with E-state index < -0.39 is 0 Å². The van der Waals surface area contributed by atoms with Crippen LogP contribution >= 0.6 is 0 Å². The highest BCUT2D eigenvalue weighted by Gasteiger charge is 2.13. The lowest BCUT2D eigenvalue weighted by Crippen LogP contribution is -2.18. The Kier molecular flexibility index (Phi) is 3.53. The van der Waals surface area contributed by atoms with E-state index in [9.17, 15) is 0 Å². The highest BCUT2D eigenvalue weighted by molar-refractivity contribution is 5.85. The summed E-state index contributed by atoms with van der Waals surface area (Å²) in [5.41, 5.74) is 1.95. The maximum atomic E-state index is 4.58. The molecule has 1 aliphatic heterocycles. The third-order valence-corrected chi connectivity index (χ3v) is 4.23. The van der Waals surface area contributed by atoms with Gasteiger partial charge in [-0.25, -0.2) is 15.0 Å². The molecule has 4 rings (SSSR count). The molecule has 0 spiro atoms. The second-order valence-corrected chi connectivity index (χ2v) is 5.80. The van der Waals surface area contributed by atoms with Crippen LogP contribution in [0.2, 0.25) is 0 Å². The number of hydrogen-bond donors (Lipinski definition) is 1. The molecule has 0 bridgehead atoms. The maximum Gasteiger partial charge on any atom is 0.163 e. The lowest BCUT2D eigenvalue weighted by Gasteiger charge is -2.16. The molecule has 118 valence electrons. The minimum atomic E-state index is 0.675. The smallest absolute Gasteiger partial charge is 0.163 e. The number of rotatable bonds is 4. The van der Waals surface area contributed by atoms with Crippen molar-refractivity contribution in [3.8, 4) is 0 Å². The Morgan fingerprint density at radius 1 is 1.09 bits per heavy atom. The number of aryl methyl sites for hydroxylation is 1. The Morgan fingerprint density at radius 2 is 1.96 bits per heavy atom.